The second-order valence-corrected chi connectivity index (χ2v) is 6.89. The number of amides is 1. The summed E-state index contributed by atoms with van der Waals surface area (Å²) in [5.41, 5.74) is 2.94. The van der Waals surface area contributed by atoms with Crippen LogP contribution in [0.1, 0.15) is 5.56 Å². The molecule has 9 nitrogen and oxygen atoms in total. The fourth-order valence-electron chi connectivity index (χ4n) is 2.10. The van der Waals surface area contributed by atoms with Gasteiger partial charge in [-0.05, 0) is 50.1 Å². The first kappa shape index (κ1) is 19.1. The van der Waals surface area contributed by atoms with E-state index in [9.17, 15) is 14.9 Å². The van der Waals surface area contributed by atoms with Gasteiger partial charge in [0.05, 0.1) is 15.6 Å². The maximum absolute atomic E-state index is 11.8. The van der Waals surface area contributed by atoms with Crippen LogP contribution in [-0.2, 0) is 4.79 Å². The Balaban J connectivity index is 1.54. The number of ether oxygens (including phenoxy) is 3. The first-order valence-corrected chi connectivity index (χ1v) is 9.00. The summed E-state index contributed by atoms with van der Waals surface area (Å²) in [5.74, 6) is 1.04. The van der Waals surface area contributed by atoms with Gasteiger partial charge >= 0.3 is 0 Å². The molecule has 0 atom stereocenters. The van der Waals surface area contributed by atoms with Crippen LogP contribution in [0.4, 0.5) is 5.69 Å². The first-order chi connectivity index (χ1) is 12.9. The SMILES string of the molecule is O=C(COc1ccc([N+](=O)[O-])cc1Br)N/N=C/c1cc2c(cc1Br)OCO2. The van der Waals surface area contributed by atoms with Gasteiger partial charge in [0.25, 0.3) is 11.6 Å². The van der Waals surface area contributed by atoms with Crippen LogP contribution in [0.3, 0.4) is 0 Å². The Hall–Kier alpha value is -2.66. The summed E-state index contributed by atoms with van der Waals surface area (Å²) >= 11 is 6.55. The van der Waals surface area contributed by atoms with Gasteiger partial charge in [-0.1, -0.05) is 0 Å². The van der Waals surface area contributed by atoms with Crippen molar-refractivity contribution in [1.82, 2.24) is 5.43 Å². The second-order valence-electron chi connectivity index (χ2n) is 5.18. The minimum absolute atomic E-state index is 0.0856. The Morgan fingerprint density at radius 1 is 1.26 bits per heavy atom. The molecule has 3 rings (SSSR count). The summed E-state index contributed by atoms with van der Waals surface area (Å²) in [7, 11) is 0. The zero-order valence-corrected chi connectivity index (χ0v) is 16.7. The molecule has 0 saturated carbocycles. The van der Waals surface area contributed by atoms with E-state index in [0.717, 1.165) is 4.47 Å². The van der Waals surface area contributed by atoms with Gasteiger partial charge in [-0.25, -0.2) is 5.43 Å². The molecule has 140 valence electrons. The minimum atomic E-state index is -0.524. The number of nitro benzene ring substituents is 1. The zero-order chi connectivity index (χ0) is 19.4. The molecule has 1 N–H and O–H groups in total. The minimum Gasteiger partial charge on any atom is -0.483 e. The molecule has 1 heterocycles. The number of carbonyl (C=O) groups is 1. The van der Waals surface area contributed by atoms with Gasteiger partial charge in [0.2, 0.25) is 6.79 Å². The van der Waals surface area contributed by atoms with Gasteiger partial charge < -0.3 is 14.2 Å². The average Bonchev–Trinajstić information content (AvgIpc) is 3.07. The van der Waals surface area contributed by atoms with E-state index in [-0.39, 0.29) is 19.1 Å². The molecule has 0 aliphatic carbocycles. The Morgan fingerprint density at radius 3 is 2.70 bits per heavy atom. The molecular formula is C16H11Br2N3O6. The molecule has 0 bridgehead atoms. The van der Waals surface area contributed by atoms with E-state index in [1.54, 1.807) is 12.1 Å². The van der Waals surface area contributed by atoms with Crippen LogP contribution in [0, 0.1) is 10.1 Å². The number of hydrogen-bond acceptors (Lipinski definition) is 7. The summed E-state index contributed by atoms with van der Waals surface area (Å²) in [6.07, 6.45) is 1.45. The van der Waals surface area contributed by atoms with Crippen molar-refractivity contribution in [3.05, 3.63) is 55.0 Å². The number of benzene rings is 2. The third-order valence-corrected chi connectivity index (χ3v) is 4.68. The lowest BCUT2D eigenvalue weighted by Crippen LogP contribution is -2.24. The maximum Gasteiger partial charge on any atom is 0.277 e. The number of nitrogens with one attached hydrogen (secondary N) is 1. The molecule has 0 spiro atoms. The smallest absolute Gasteiger partial charge is 0.277 e. The van der Waals surface area contributed by atoms with Crippen molar-refractivity contribution in [1.29, 1.82) is 0 Å². The summed E-state index contributed by atoms with van der Waals surface area (Å²) in [6.45, 7) is -0.148. The summed E-state index contributed by atoms with van der Waals surface area (Å²) in [4.78, 5) is 22.0. The molecule has 0 unspecified atom stereocenters. The van der Waals surface area contributed by atoms with Crippen LogP contribution in [-0.4, -0.2) is 30.4 Å². The molecule has 0 saturated heterocycles. The van der Waals surface area contributed by atoms with Crippen LogP contribution in [0.25, 0.3) is 0 Å². The Morgan fingerprint density at radius 2 is 2.00 bits per heavy atom. The number of rotatable bonds is 6. The number of hydrogen-bond donors (Lipinski definition) is 1. The van der Waals surface area contributed by atoms with E-state index >= 15 is 0 Å². The van der Waals surface area contributed by atoms with E-state index in [1.807, 2.05) is 0 Å². The number of nitro groups is 1. The van der Waals surface area contributed by atoms with E-state index in [0.29, 0.717) is 27.3 Å². The van der Waals surface area contributed by atoms with Gasteiger partial charge in [-0.2, -0.15) is 5.10 Å². The standard InChI is InChI=1S/C16H11Br2N3O6/c17-11-5-15-14(26-8-27-15)3-9(11)6-19-20-16(22)7-25-13-2-1-10(21(23)24)4-12(13)18/h1-6H,7-8H2,(H,20,22)/b19-6+. The van der Waals surface area contributed by atoms with Gasteiger partial charge in [0.1, 0.15) is 5.75 Å². The molecule has 1 aliphatic rings. The lowest BCUT2D eigenvalue weighted by Gasteiger charge is -2.07. The number of fused-ring (bicyclic) bond motifs is 1. The molecule has 0 radical (unpaired) electrons. The van der Waals surface area contributed by atoms with E-state index in [4.69, 9.17) is 14.2 Å². The Kier molecular flexibility index (Phi) is 5.91. The third kappa shape index (κ3) is 4.74. The van der Waals surface area contributed by atoms with Crippen molar-refractivity contribution < 1.29 is 23.9 Å². The molecule has 2 aromatic carbocycles. The summed E-state index contributed by atoms with van der Waals surface area (Å²) < 4.78 is 17.0. The predicted octanol–water partition coefficient (Wildman–Crippen LogP) is 3.38. The second kappa shape index (κ2) is 8.35. The van der Waals surface area contributed by atoms with Gasteiger partial charge in [0, 0.05) is 22.2 Å². The van der Waals surface area contributed by atoms with Crippen LogP contribution < -0.4 is 19.6 Å². The first-order valence-electron chi connectivity index (χ1n) is 7.42. The monoisotopic (exact) mass is 499 g/mol. The quantitative estimate of drug-likeness (QED) is 0.369. The number of halogens is 2. The lowest BCUT2D eigenvalue weighted by atomic mass is 10.2. The number of non-ortho nitro benzene ring substituents is 1. The lowest BCUT2D eigenvalue weighted by molar-refractivity contribution is -0.384. The van der Waals surface area contributed by atoms with Gasteiger partial charge in [0.15, 0.2) is 18.1 Å². The Labute approximate surface area is 169 Å². The summed E-state index contributed by atoms with van der Waals surface area (Å²) in [6, 6.07) is 7.46. The van der Waals surface area contributed by atoms with E-state index in [2.05, 4.69) is 42.4 Å². The molecule has 0 aromatic heterocycles. The van der Waals surface area contributed by atoms with Crippen molar-refractivity contribution >= 4 is 49.7 Å². The normalized spacial score (nSPS) is 12.2. The molecule has 1 aliphatic heterocycles. The van der Waals surface area contributed by atoms with Gasteiger partial charge in [-0.3, -0.25) is 14.9 Å². The molecule has 11 heteroatoms. The van der Waals surface area contributed by atoms with Crippen LogP contribution in [0.2, 0.25) is 0 Å². The van der Waals surface area contributed by atoms with Crippen molar-refractivity contribution in [3.8, 4) is 17.2 Å². The maximum atomic E-state index is 11.8. The number of hydrazone groups is 1. The molecule has 2 aromatic rings. The van der Waals surface area contributed by atoms with E-state index < -0.39 is 10.8 Å². The highest BCUT2D eigenvalue weighted by Crippen LogP contribution is 2.36. The fourth-order valence-corrected chi connectivity index (χ4v) is 3.01. The van der Waals surface area contributed by atoms with E-state index in [1.165, 1.54) is 24.4 Å². The molecular weight excluding hydrogens is 490 g/mol. The molecule has 1 amide bonds. The summed E-state index contributed by atoms with van der Waals surface area (Å²) in [5, 5.41) is 14.6. The Bertz CT molecular complexity index is 935. The van der Waals surface area contributed by atoms with Crippen molar-refractivity contribution in [2.75, 3.05) is 13.4 Å². The third-order valence-electron chi connectivity index (χ3n) is 3.37. The number of nitrogens with zero attached hydrogens (tertiary/aromatic N) is 2. The van der Waals surface area contributed by atoms with Crippen molar-refractivity contribution in [2.45, 2.75) is 0 Å². The van der Waals surface area contributed by atoms with Crippen LogP contribution in [0.5, 0.6) is 17.2 Å². The molecule has 0 fully saturated rings. The highest BCUT2D eigenvalue weighted by Gasteiger charge is 2.15. The fraction of sp³-hybridized carbons (Fsp3) is 0.125. The van der Waals surface area contributed by atoms with Crippen LogP contribution in [0.15, 0.2) is 44.4 Å². The van der Waals surface area contributed by atoms with Gasteiger partial charge in [-0.15, -0.1) is 0 Å². The number of carbonyl (C=O) groups excluding carboxylic acids is 1. The predicted molar refractivity (Wildman–Crippen MR) is 102 cm³/mol. The average molecular weight is 501 g/mol. The largest absolute Gasteiger partial charge is 0.483 e. The van der Waals surface area contributed by atoms with Crippen molar-refractivity contribution in [2.24, 2.45) is 5.10 Å². The molecule has 27 heavy (non-hydrogen) atoms. The zero-order valence-electron chi connectivity index (χ0n) is 13.5. The highest BCUT2D eigenvalue weighted by molar-refractivity contribution is 9.10. The highest BCUT2D eigenvalue weighted by atomic mass is 79.9. The van der Waals surface area contributed by atoms with Crippen LogP contribution >= 0.6 is 31.9 Å². The topological polar surface area (TPSA) is 112 Å². The van der Waals surface area contributed by atoms with Crippen molar-refractivity contribution in [3.63, 3.8) is 0 Å².